The molecule has 2 N–H and O–H groups in total. The van der Waals surface area contributed by atoms with Crippen LogP contribution in [0.15, 0.2) is 18.2 Å². The second-order valence-electron chi connectivity index (χ2n) is 6.87. The number of aliphatic hydroxyl groups is 1. The number of amides is 1. The predicted molar refractivity (Wildman–Crippen MR) is 97.6 cm³/mol. The van der Waals surface area contributed by atoms with Crippen LogP contribution in [0.25, 0.3) is 0 Å². The Bertz CT molecular complexity index is 760. The van der Waals surface area contributed by atoms with Crippen molar-refractivity contribution in [1.29, 1.82) is 0 Å². The Labute approximate surface area is 153 Å². The van der Waals surface area contributed by atoms with Crippen LogP contribution in [-0.2, 0) is 10.0 Å². The van der Waals surface area contributed by atoms with E-state index in [0.717, 1.165) is 19.3 Å². The second kappa shape index (κ2) is 7.13. The number of hydrogen-bond acceptors (Lipinski definition) is 4. The molecule has 1 aromatic rings. The second-order valence-corrected chi connectivity index (χ2v) is 9.29. The SMILES string of the molecule is O=C(NCC1(O)CCCC1)c1cc(N2CCCCS2(=O)=O)ccc1Cl. The average Bonchev–Trinajstić information content (AvgIpc) is 3.00. The molecule has 1 aliphatic carbocycles. The van der Waals surface area contributed by atoms with Gasteiger partial charge in [0.1, 0.15) is 0 Å². The molecule has 1 heterocycles. The number of nitrogens with zero attached hydrogens (tertiary/aromatic N) is 1. The van der Waals surface area contributed by atoms with Crippen LogP contribution < -0.4 is 9.62 Å². The molecule has 6 nitrogen and oxygen atoms in total. The van der Waals surface area contributed by atoms with Gasteiger partial charge in [-0.3, -0.25) is 9.10 Å². The molecule has 0 radical (unpaired) electrons. The smallest absolute Gasteiger partial charge is 0.252 e. The summed E-state index contributed by atoms with van der Waals surface area (Å²) in [5.41, 5.74) is -0.175. The highest BCUT2D eigenvalue weighted by molar-refractivity contribution is 7.92. The number of nitrogens with one attached hydrogen (secondary N) is 1. The van der Waals surface area contributed by atoms with E-state index in [-0.39, 0.29) is 22.9 Å². The monoisotopic (exact) mass is 386 g/mol. The molecule has 1 aliphatic heterocycles. The lowest BCUT2D eigenvalue weighted by Crippen LogP contribution is -2.41. The Morgan fingerprint density at radius 1 is 1.24 bits per heavy atom. The number of rotatable bonds is 4. The van der Waals surface area contributed by atoms with E-state index in [9.17, 15) is 18.3 Å². The van der Waals surface area contributed by atoms with E-state index in [1.54, 1.807) is 12.1 Å². The van der Waals surface area contributed by atoms with Crippen molar-refractivity contribution in [2.24, 2.45) is 0 Å². The van der Waals surface area contributed by atoms with Crippen LogP contribution in [-0.4, -0.2) is 43.9 Å². The third kappa shape index (κ3) is 4.10. The quantitative estimate of drug-likeness (QED) is 0.831. The highest BCUT2D eigenvalue weighted by Gasteiger charge is 2.32. The molecule has 1 saturated heterocycles. The zero-order chi connectivity index (χ0) is 18.1. The maximum atomic E-state index is 12.5. The summed E-state index contributed by atoms with van der Waals surface area (Å²) in [5, 5.41) is 13.3. The topological polar surface area (TPSA) is 86.7 Å². The van der Waals surface area contributed by atoms with Gasteiger partial charge in [-0.25, -0.2) is 8.42 Å². The van der Waals surface area contributed by atoms with E-state index in [1.807, 2.05) is 0 Å². The van der Waals surface area contributed by atoms with Crippen molar-refractivity contribution in [3.63, 3.8) is 0 Å². The molecule has 25 heavy (non-hydrogen) atoms. The van der Waals surface area contributed by atoms with Gasteiger partial charge in [-0.05, 0) is 43.9 Å². The first-order valence-electron chi connectivity index (χ1n) is 8.61. The lowest BCUT2D eigenvalue weighted by atomic mass is 10.0. The van der Waals surface area contributed by atoms with Crippen molar-refractivity contribution in [2.75, 3.05) is 23.1 Å². The molecular weight excluding hydrogens is 364 g/mol. The molecule has 1 amide bonds. The number of sulfonamides is 1. The third-order valence-corrected chi connectivity index (χ3v) is 7.14. The van der Waals surface area contributed by atoms with Gasteiger partial charge >= 0.3 is 0 Å². The summed E-state index contributed by atoms with van der Waals surface area (Å²) in [7, 11) is -3.35. The van der Waals surface area contributed by atoms with Crippen LogP contribution in [0.1, 0.15) is 48.9 Å². The molecule has 8 heteroatoms. The first kappa shape index (κ1) is 18.5. The van der Waals surface area contributed by atoms with Crippen LogP contribution in [0.3, 0.4) is 0 Å². The van der Waals surface area contributed by atoms with Gasteiger partial charge in [-0.15, -0.1) is 0 Å². The summed E-state index contributed by atoms with van der Waals surface area (Å²) in [6, 6.07) is 4.67. The summed E-state index contributed by atoms with van der Waals surface area (Å²) < 4.78 is 25.8. The fourth-order valence-electron chi connectivity index (χ4n) is 3.47. The maximum absolute atomic E-state index is 12.5. The van der Waals surface area contributed by atoms with Gasteiger partial charge in [0.05, 0.1) is 27.6 Å². The standard InChI is InChI=1S/C17H23ClN2O4S/c18-15-6-5-13(20-9-3-4-10-25(20,23)24)11-14(15)16(21)19-12-17(22)7-1-2-8-17/h5-6,11,22H,1-4,7-10,12H2,(H,19,21). The van der Waals surface area contributed by atoms with Crippen LogP contribution in [0.5, 0.6) is 0 Å². The van der Waals surface area contributed by atoms with Crippen LogP contribution in [0, 0.1) is 0 Å². The van der Waals surface area contributed by atoms with Gasteiger partial charge in [-0.2, -0.15) is 0 Å². The van der Waals surface area contributed by atoms with Crippen molar-refractivity contribution >= 4 is 33.2 Å². The Morgan fingerprint density at radius 3 is 2.64 bits per heavy atom. The predicted octanol–water partition coefficient (Wildman–Crippen LogP) is 2.30. The van der Waals surface area contributed by atoms with Gasteiger partial charge < -0.3 is 10.4 Å². The van der Waals surface area contributed by atoms with E-state index in [0.29, 0.717) is 31.5 Å². The van der Waals surface area contributed by atoms with Gasteiger partial charge in [0, 0.05) is 13.1 Å². The summed E-state index contributed by atoms with van der Waals surface area (Å²) >= 11 is 6.14. The largest absolute Gasteiger partial charge is 0.388 e. The highest BCUT2D eigenvalue weighted by atomic mass is 35.5. The van der Waals surface area contributed by atoms with Gasteiger partial charge in [0.15, 0.2) is 0 Å². The van der Waals surface area contributed by atoms with Crippen molar-refractivity contribution in [3.05, 3.63) is 28.8 Å². The first-order valence-corrected chi connectivity index (χ1v) is 10.6. The van der Waals surface area contributed by atoms with E-state index in [1.165, 1.54) is 10.4 Å². The molecule has 0 bridgehead atoms. The molecule has 0 aromatic heterocycles. The highest BCUT2D eigenvalue weighted by Crippen LogP contribution is 2.30. The number of anilines is 1. The fourth-order valence-corrected chi connectivity index (χ4v) is 5.31. The van der Waals surface area contributed by atoms with E-state index in [4.69, 9.17) is 11.6 Å². The number of halogens is 1. The summed E-state index contributed by atoms with van der Waals surface area (Å²) in [4.78, 5) is 12.5. The van der Waals surface area contributed by atoms with Crippen LogP contribution in [0.2, 0.25) is 5.02 Å². The summed E-state index contributed by atoms with van der Waals surface area (Å²) in [6.07, 6.45) is 4.69. The molecular formula is C17H23ClN2O4S. The molecule has 0 spiro atoms. The minimum absolute atomic E-state index is 0.115. The lowest BCUT2D eigenvalue weighted by molar-refractivity contribution is 0.0449. The van der Waals surface area contributed by atoms with E-state index < -0.39 is 21.5 Å². The van der Waals surface area contributed by atoms with E-state index in [2.05, 4.69) is 5.32 Å². The lowest BCUT2D eigenvalue weighted by Gasteiger charge is -2.28. The normalized spacial score (nSPS) is 21.9. The number of hydrogen-bond donors (Lipinski definition) is 2. The zero-order valence-corrected chi connectivity index (χ0v) is 15.6. The number of carbonyl (C=O) groups is 1. The molecule has 0 atom stereocenters. The van der Waals surface area contributed by atoms with Gasteiger partial charge in [0.2, 0.25) is 10.0 Å². The number of benzene rings is 1. The van der Waals surface area contributed by atoms with Crippen LogP contribution in [0.4, 0.5) is 5.69 Å². The minimum atomic E-state index is -3.35. The molecule has 3 rings (SSSR count). The van der Waals surface area contributed by atoms with Crippen LogP contribution >= 0.6 is 11.6 Å². The zero-order valence-electron chi connectivity index (χ0n) is 14.0. The Kier molecular flexibility index (Phi) is 5.27. The maximum Gasteiger partial charge on any atom is 0.252 e. The number of carbonyl (C=O) groups excluding carboxylic acids is 1. The average molecular weight is 387 g/mol. The van der Waals surface area contributed by atoms with Gasteiger partial charge in [0.25, 0.3) is 5.91 Å². The summed E-state index contributed by atoms with van der Waals surface area (Å²) in [5.74, 6) is -0.286. The Hall–Kier alpha value is -1.31. The molecule has 2 aliphatic rings. The summed E-state index contributed by atoms with van der Waals surface area (Å²) in [6.45, 7) is 0.583. The molecule has 1 saturated carbocycles. The molecule has 1 aromatic carbocycles. The Balaban J connectivity index is 1.78. The van der Waals surface area contributed by atoms with Crippen molar-refractivity contribution in [1.82, 2.24) is 5.32 Å². The molecule has 0 unspecified atom stereocenters. The molecule has 2 fully saturated rings. The Morgan fingerprint density at radius 2 is 1.96 bits per heavy atom. The van der Waals surface area contributed by atoms with E-state index >= 15 is 0 Å². The first-order chi connectivity index (χ1) is 11.8. The van der Waals surface area contributed by atoms with Crippen molar-refractivity contribution in [2.45, 2.75) is 44.1 Å². The third-order valence-electron chi connectivity index (χ3n) is 4.94. The minimum Gasteiger partial charge on any atom is -0.388 e. The fraction of sp³-hybridized carbons (Fsp3) is 0.588. The van der Waals surface area contributed by atoms with Crippen molar-refractivity contribution < 1.29 is 18.3 Å². The van der Waals surface area contributed by atoms with Crippen molar-refractivity contribution in [3.8, 4) is 0 Å². The van der Waals surface area contributed by atoms with Gasteiger partial charge in [-0.1, -0.05) is 24.4 Å². The molecule has 138 valence electrons.